The molecule has 1 atom stereocenters. The Morgan fingerprint density at radius 2 is 2.05 bits per heavy atom. The van der Waals surface area contributed by atoms with Crippen LogP contribution < -0.4 is 5.32 Å². The van der Waals surface area contributed by atoms with Crippen molar-refractivity contribution in [3.63, 3.8) is 0 Å². The van der Waals surface area contributed by atoms with E-state index >= 15 is 0 Å². The Bertz CT molecular complexity index is 419. The van der Waals surface area contributed by atoms with Crippen LogP contribution in [0.3, 0.4) is 0 Å². The summed E-state index contributed by atoms with van der Waals surface area (Å²) in [6, 6.07) is 5.01. The fraction of sp³-hybridized carbons (Fsp3) is 0.647. The number of hydrogen-bond donors (Lipinski definition) is 1. The third-order valence-corrected chi connectivity index (χ3v) is 4.33. The Morgan fingerprint density at radius 3 is 2.60 bits per heavy atom. The smallest absolute Gasteiger partial charge is 0.124 e. The molecule has 0 bridgehead atoms. The van der Waals surface area contributed by atoms with E-state index in [1.807, 2.05) is 6.07 Å². The topological polar surface area (TPSA) is 12.0 Å². The average Bonchev–Trinajstić information content (AvgIpc) is 2.33. The molecule has 114 valence electrons. The van der Waals surface area contributed by atoms with Gasteiger partial charge in [-0.1, -0.05) is 56.1 Å². The molecule has 1 rings (SSSR count). The zero-order valence-electron chi connectivity index (χ0n) is 13.1. The van der Waals surface area contributed by atoms with Crippen molar-refractivity contribution in [3.8, 4) is 0 Å². The van der Waals surface area contributed by atoms with Gasteiger partial charge in [0.25, 0.3) is 0 Å². The second kappa shape index (κ2) is 8.14. The first-order valence-corrected chi connectivity index (χ1v) is 8.30. The van der Waals surface area contributed by atoms with E-state index in [0.717, 1.165) is 24.0 Å². The quantitative estimate of drug-likeness (QED) is 0.685. The molecule has 1 N–H and O–H groups in total. The van der Waals surface area contributed by atoms with Crippen molar-refractivity contribution in [1.82, 2.24) is 5.32 Å². The van der Waals surface area contributed by atoms with Gasteiger partial charge in [-0.25, -0.2) is 4.39 Å². The molecule has 20 heavy (non-hydrogen) atoms. The molecule has 0 aliphatic heterocycles. The minimum Gasteiger partial charge on any atom is -0.316 e. The Balaban J connectivity index is 2.73. The number of benzene rings is 1. The van der Waals surface area contributed by atoms with E-state index < -0.39 is 0 Å². The maximum atomic E-state index is 13.2. The van der Waals surface area contributed by atoms with Crippen LogP contribution in [0.2, 0.25) is 0 Å². The highest BCUT2D eigenvalue weighted by Crippen LogP contribution is 2.31. The van der Waals surface area contributed by atoms with Crippen LogP contribution in [-0.4, -0.2) is 13.1 Å². The predicted molar refractivity (Wildman–Crippen MR) is 88.5 cm³/mol. The molecule has 0 radical (unpaired) electrons. The lowest BCUT2D eigenvalue weighted by Gasteiger charge is -2.31. The molecule has 0 heterocycles. The van der Waals surface area contributed by atoms with Crippen molar-refractivity contribution >= 4 is 15.9 Å². The largest absolute Gasteiger partial charge is 0.316 e. The van der Waals surface area contributed by atoms with Crippen LogP contribution in [0.5, 0.6) is 0 Å². The Labute approximate surface area is 131 Å². The van der Waals surface area contributed by atoms with Crippen LogP contribution in [0.4, 0.5) is 4.39 Å². The summed E-state index contributed by atoms with van der Waals surface area (Å²) in [6.45, 7) is 11.0. The number of rotatable bonds is 8. The zero-order valence-corrected chi connectivity index (χ0v) is 14.7. The summed E-state index contributed by atoms with van der Waals surface area (Å²) >= 11 is 3.48. The van der Waals surface area contributed by atoms with Gasteiger partial charge in [-0.15, -0.1) is 0 Å². The first-order valence-electron chi connectivity index (χ1n) is 7.51. The Hall–Kier alpha value is -0.410. The number of nitrogens with one attached hydrogen (secondary N) is 1. The van der Waals surface area contributed by atoms with Crippen molar-refractivity contribution in [2.24, 2.45) is 11.3 Å². The van der Waals surface area contributed by atoms with Crippen molar-refractivity contribution in [3.05, 3.63) is 34.1 Å². The van der Waals surface area contributed by atoms with Gasteiger partial charge in [0.15, 0.2) is 0 Å². The third-order valence-electron chi connectivity index (χ3n) is 3.59. The second-order valence-electron chi connectivity index (χ2n) is 6.50. The molecule has 0 saturated heterocycles. The minimum absolute atomic E-state index is 0.184. The summed E-state index contributed by atoms with van der Waals surface area (Å²) < 4.78 is 14.1. The molecule has 0 amide bonds. The SMILES string of the molecule is CCCC(C)(CNCC(C)C)Cc1ccc(F)cc1Br. The van der Waals surface area contributed by atoms with Crippen LogP contribution in [0.1, 0.15) is 46.1 Å². The molecule has 0 fully saturated rings. The summed E-state index contributed by atoms with van der Waals surface area (Å²) in [5.74, 6) is 0.481. The number of halogens is 2. The fourth-order valence-corrected chi connectivity index (χ4v) is 3.12. The lowest BCUT2D eigenvalue weighted by Crippen LogP contribution is -2.35. The zero-order chi connectivity index (χ0) is 15.2. The summed E-state index contributed by atoms with van der Waals surface area (Å²) in [5.41, 5.74) is 1.40. The van der Waals surface area contributed by atoms with Gasteiger partial charge in [0.2, 0.25) is 0 Å². The van der Waals surface area contributed by atoms with E-state index in [-0.39, 0.29) is 11.2 Å². The van der Waals surface area contributed by atoms with Crippen molar-refractivity contribution in [1.29, 1.82) is 0 Å². The molecule has 1 nitrogen and oxygen atoms in total. The highest BCUT2D eigenvalue weighted by molar-refractivity contribution is 9.10. The summed E-state index contributed by atoms with van der Waals surface area (Å²) in [7, 11) is 0. The van der Waals surface area contributed by atoms with Crippen molar-refractivity contribution in [2.75, 3.05) is 13.1 Å². The number of hydrogen-bond acceptors (Lipinski definition) is 1. The van der Waals surface area contributed by atoms with Gasteiger partial charge >= 0.3 is 0 Å². The van der Waals surface area contributed by atoms with Gasteiger partial charge in [0.1, 0.15) is 5.82 Å². The molecule has 0 aliphatic rings. The molecular weight excluding hydrogens is 317 g/mol. The van der Waals surface area contributed by atoms with Gasteiger partial charge in [0.05, 0.1) is 0 Å². The maximum Gasteiger partial charge on any atom is 0.124 e. The molecule has 1 unspecified atom stereocenters. The van der Waals surface area contributed by atoms with Crippen LogP contribution in [0, 0.1) is 17.2 Å². The first kappa shape index (κ1) is 17.6. The van der Waals surface area contributed by atoms with E-state index in [1.54, 1.807) is 12.1 Å². The Kier molecular flexibility index (Phi) is 7.18. The van der Waals surface area contributed by atoms with Gasteiger partial charge in [-0.3, -0.25) is 0 Å². The summed E-state index contributed by atoms with van der Waals surface area (Å²) in [6.07, 6.45) is 3.30. The lowest BCUT2D eigenvalue weighted by molar-refractivity contribution is 0.270. The van der Waals surface area contributed by atoms with Crippen LogP contribution in [0.15, 0.2) is 22.7 Å². The third kappa shape index (κ3) is 5.92. The monoisotopic (exact) mass is 343 g/mol. The van der Waals surface area contributed by atoms with Crippen LogP contribution >= 0.6 is 15.9 Å². The fourth-order valence-electron chi connectivity index (χ4n) is 2.63. The molecule has 0 spiro atoms. The van der Waals surface area contributed by atoms with E-state index in [1.165, 1.54) is 18.4 Å². The molecule has 0 saturated carbocycles. The Morgan fingerprint density at radius 1 is 1.35 bits per heavy atom. The lowest BCUT2D eigenvalue weighted by atomic mass is 9.79. The summed E-state index contributed by atoms with van der Waals surface area (Å²) in [4.78, 5) is 0. The summed E-state index contributed by atoms with van der Waals surface area (Å²) in [5, 5.41) is 3.57. The van der Waals surface area contributed by atoms with Crippen LogP contribution in [0.25, 0.3) is 0 Å². The van der Waals surface area contributed by atoms with Gasteiger partial charge in [0, 0.05) is 11.0 Å². The van der Waals surface area contributed by atoms with E-state index in [9.17, 15) is 4.39 Å². The first-order chi connectivity index (χ1) is 9.36. The predicted octanol–water partition coefficient (Wildman–Crippen LogP) is 5.18. The van der Waals surface area contributed by atoms with E-state index in [4.69, 9.17) is 0 Å². The molecular formula is C17H27BrFN. The molecule has 3 heteroatoms. The maximum absolute atomic E-state index is 13.2. The molecule has 1 aromatic rings. The highest BCUT2D eigenvalue weighted by Gasteiger charge is 2.24. The molecule has 1 aromatic carbocycles. The van der Waals surface area contributed by atoms with Gasteiger partial charge in [-0.05, 0) is 48.4 Å². The van der Waals surface area contributed by atoms with Gasteiger partial charge in [-0.2, -0.15) is 0 Å². The average molecular weight is 344 g/mol. The minimum atomic E-state index is -0.184. The van der Waals surface area contributed by atoms with Gasteiger partial charge < -0.3 is 5.32 Å². The van der Waals surface area contributed by atoms with Crippen molar-refractivity contribution < 1.29 is 4.39 Å². The standard InChI is InChI=1S/C17H27BrFN/c1-5-8-17(4,12-20-11-13(2)3)10-14-6-7-15(19)9-16(14)18/h6-7,9,13,20H,5,8,10-12H2,1-4H3. The normalized spacial score (nSPS) is 14.6. The van der Waals surface area contributed by atoms with E-state index in [0.29, 0.717) is 5.92 Å². The highest BCUT2D eigenvalue weighted by atomic mass is 79.9. The van der Waals surface area contributed by atoms with Crippen LogP contribution in [-0.2, 0) is 6.42 Å². The molecule has 0 aliphatic carbocycles. The second-order valence-corrected chi connectivity index (χ2v) is 7.35. The molecule has 0 aromatic heterocycles. The van der Waals surface area contributed by atoms with Crippen molar-refractivity contribution in [2.45, 2.75) is 47.0 Å². The van der Waals surface area contributed by atoms with E-state index in [2.05, 4.69) is 48.9 Å².